The monoisotopic (exact) mass is 376 g/mol. The van der Waals surface area contributed by atoms with Crippen molar-refractivity contribution in [3.05, 3.63) is 88.9 Å². The molecule has 134 valence electrons. The normalized spacial score (nSPS) is 10.9. The van der Waals surface area contributed by atoms with Crippen molar-refractivity contribution in [3.63, 3.8) is 0 Å². The Balaban J connectivity index is 1.45. The summed E-state index contributed by atoms with van der Waals surface area (Å²) in [6.45, 7) is 0.548. The molecule has 0 aliphatic carbocycles. The molecule has 1 N–H and O–H groups in total. The van der Waals surface area contributed by atoms with Crippen molar-refractivity contribution in [1.29, 1.82) is 0 Å². The van der Waals surface area contributed by atoms with Crippen molar-refractivity contribution in [2.75, 3.05) is 6.54 Å². The standard InChI is InChI=1S/C22H17ClN2O2/c23-18-9-6-15(7-10-18)12-13-24-22(26)17-8-11-19-20(14-17)25-27-21(19)16-4-2-1-3-5-16/h1-11,14H,12-13H2,(H,24,26). The number of hydrogen-bond acceptors (Lipinski definition) is 3. The van der Waals surface area contributed by atoms with Crippen molar-refractivity contribution < 1.29 is 9.32 Å². The number of carbonyl (C=O) groups excluding carboxylic acids is 1. The first-order valence-electron chi connectivity index (χ1n) is 8.68. The van der Waals surface area contributed by atoms with Crippen LogP contribution in [0.15, 0.2) is 77.3 Å². The molecule has 0 saturated heterocycles. The molecule has 5 heteroatoms. The fourth-order valence-corrected chi connectivity index (χ4v) is 3.08. The van der Waals surface area contributed by atoms with Crippen LogP contribution in [0.5, 0.6) is 0 Å². The second-order valence-electron chi connectivity index (χ2n) is 6.24. The van der Waals surface area contributed by atoms with E-state index in [1.807, 2.05) is 60.7 Å². The van der Waals surface area contributed by atoms with Crippen molar-refractivity contribution >= 4 is 28.4 Å². The van der Waals surface area contributed by atoms with E-state index in [-0.39, 0.29) is 5.91 Å². The zero-order chi connectivity index (χ0) is 18.6. The molecule has 1 heterocycles. The third-order valence-corrected chi connectivity index (χ3v) is 4.64. The first kappa shape index (κ1) is 17.3. The van der Waals surface area contributed by atoms with Gasteiger partial charge >= 0.3 is 0 Å². The molecule has 1 amide bonds. The number of amides is 1. The molecule has 27 heavy (non-hydrogen) atoms. The van der Waals surface area contributed by atoms with Gasteiger partial charge in [0.1, 0.15) is 5.52 Å². The van der Waals surface area contributed by atoms with Crippen LogP contribution in [0.2, 0.25) is 5.02 Å². The summed E-state index contributed by atoms with van der Waals surface area (Å²) in [6, 6.07) is 22.8. The molecule has 4 rings (SSSR count). The molecule has 0 fully saturated rings. The number of benzene rings is 3. The quantitative estimate of drug-likeness (QED) is 0.526. The fraction of sp³-hybridized carbons (Fsp3) is 0.0909. The van der Waals surface area contributed by atoms with Crippen LogP contribution in [-0.4, -0.2) is 17.6 Å². The molecule has 4 aromatic rings. The van der Waals surface area contributed by atoms with Gasteiger partial charge in [-0.25, -0.2) is 0 Å². The highest BCUT2D eigenvalue weighted by molar-refractivity contribution is 6.30. The van der Waals surface area contributed by atoms with Gasteiger partial charge < -0.3 is 9.84 Å². The Morgan fingerprint density at radius 1 is 1.00 bits per heavy atom. The summed E-state index contributed by atoms with van der Waals surface area (Å²) < 4.78 is 5.49. The summed E-state index contributed by atoms with van der Waals surface area (Å²) in [4.78, 5) is 12.4. The summed E-state index contributed by atoms with van der Waals surface area (Å²) in [7, 11) is 0. The molecule has 0 aliphatic heterocycles. The second-order valence-corrected chi connectivity index (χ2v) is 6.68. The molecule has 0 bridgehead atoms. The molecule has 4 nitrogen and oxygen atoms in total. The lowest BCUT2D eigenvalue weighted by Gasteiger charge is -2.06. The van der Waals surface area contributed by atoms with Crippen LogP contribution in [0.4, 0.5) is 0 Å². The second kappa shape index (κ2) is 7.64. The van der Waals surface area contributed by atoms with E-state index in [4.69, 9.17) is 16.1 Å². The maximum atomic E-state index is 12.4. The van der Waals surface area contributed by atoms with Crippen molar-refractivity contribution in [3.8, 4) is 11.3 Å². The minimum Gasteiger partial charge on any atom is -0.355 e. The minimum absolute atomic E-state index is 0.130. The lowest BCUT2D eigenvalue weighted by atomic mass is 10.1. The summed E-state index contributed by atoms with van der Waals surface area (Å²) in [5, 5.41) is 8.64. The number of fused-ring (bicyclic) bond motifs is 1. The van der Waals surface area contributed by atoms with Gasteiger partial charge in [0.05, 0.1) is 0 Å². The lowest BCUT2D eigenvalue weighted by molar-refractivity contribution is 0.0954. The largest absolute Gasteiger partial charge is 0.355 e. The Hall–Kier alpha value is -3.11. The third-order valence-electron chi connectivity index (χ3n) is 4.39. The SMILES string of the molecule is O=C(NCCc1ccc(Cl)cc1)c1ccc2c(-c3ccccc3)onc2c1. The Bertz CT molecular complexity index is 1070. The number of nitrogens with zero attached hydrogens (tertiary/aromatic N) is 1. The van der Waals surface area contributed by atoms with Crippen LogP contribution in [0.25, 0.3) is 22.2 Å². The smallest absolute Gasteiger partial charge is 0.251 e. The Labute approximate surface area is 161 Å². The number of rotatable bonds is 5. The van der Waals surface area contributed by atoms with E-state index in [0.717, 1.165) is 22.9 Å². The van der Waals surface area contributed by atoms with E-state index < -0.39 is 0 Å². The van der Waals surface area contributed by atoms with Crippen LogP contribution in [0, 0.1) is 0 Å². The molecule has 0 saturated carbocycles. The van der Waals surface area contributed by atoms with E-state index in [9.17, 15) is 4.79 Å². The summed E-state index contributed by atoms with van der Waals surface area (Å²) in [5.74, 6) is 0.579. The number of aromatic nitrogens is 1. The highest BCUT2D eigenvalue weighted by Gasteiger charge is 2.13. The number of carbonyl (C=O) groups is 1. The van der Waals surface area contributed by atoms with Crippen LogP contribution in [0.3, 0.4) is 0 Å². The fourth-order valence-electron chi connectivity index (χ4n) is 2.96. The molecule has 3 aromatic carbocycles. The van der Waals surface area contributed by atoms with Gasteiger partial charge in [-0.3, -0.25) is 4.79 Å². The van der Waals surface area contributed by atoms with Gasteiger partial charge in [0.25, 0.3) is 5.91 Å². The topological polar surface area (TPSA) is 55.1 Å². The van der Waals surface area contributed by atoms with Crippen molar-refractivity contribution in [1.82, 2.24) is 10.5 Å². The van der Waals surface area contributed by atoms with Crippen molar-refractivity contribution in [2.45, 2.75) is 6.42 Å². The average molecular weight is 377 g/mol. The average Bonchev–Trinajstić information content (AvgIpc) is 3.13. The van der Waals surface area contributed by atoms with Crippen molar-refractivity contribution in [2.24, 2.45) is 0 Å². The predicted octanol–water partition coefficient (Wildman–Crippen LogP) is 5.12. The summed E-state index contributed by atoms with van der Waals surface area (Å²) >= 11 is 5.88. The lowest BCUT2D eigenvalue weighted by Crippen LogP contribution is -2.25. The van der Waals surface area contributed by atoms with Gasteiger partial charge in [-0.1, -0.05) is 59.2 Å². The van der Waals surface area contributed by atoms with Gasteiger partial charge in [0.2, 0.25) is 0 Å². The van der Waals surface area contributed by atoms with E-state index in [1.165, 1.54) is 0 Å². The first-order chi connectivity index (χ1) is 13.2. The van der Waals surface area contributed by atoms with E-state index >= 15 is 0 Å². The van der Waals surface area contributed by atoms with E-state index in [1.54, 1.807) is 12.1 Å². The highest BCUT2D eigenvalue weighted by atomic mass is 35.5. The first-order valence-corrected chi connectivity index (χ1v) is 9.06. The minimum atomic E-state index is -0.130. The Kier molecular flexibility index (Phi) is 4.90. The van der Waals surface area contributed by atoms with Gasteiger partial charge in [0.15, 0.2) is 5.76 Å². The van der Waals surface area contributed by atoms with Crippen LogP contribution in [-0.2, 0) is 6.42 Å². The highest BCUT2D eigenvalue weighted by Crippen LogP contribution is 2.28. The van der Waals surface area contributed by atoms with E-state index in [0.29, 0.717) is 28.4 Å². The molecule has 0 aliphatic rings. The summed E-state index contributed by atoms with van der Waals surface area (Å²) in [5.41, 5.74) is 3.31. The summed E-state index contributed by atoms with van der Waals surface area (Å²) in [6.07, 6.45) is 0.743. The molecule has 0 radical (unpaired) electrons. The van der Waals surface area contributed by atoms with Crippen LogP contribution >= 0.6 is 11.6 Å². The molecule has 1 aromatic heterocycles. The number of hydrogen-bond donors (Lipinski definition) is 1. The maximum absolute atomic E-state index is 12.4. The number of halogens is 1. The molecular formula is C22H17ClN2O2. The molecule has 0 atom stereocenters. The Morgan fingerprint density at radius 2 is 1.78 bits per heavy atom. The van der Waals surface area contributed by atoms with Gasteiger partial charge in [-0.05, 0) is 42.3 Å². The zero-order valence-corrected chi connectivity index (χ0v) is 15.2. The van der Waals surface area contributed by atoms with Crippen LogP contribution in [0.1, 0.15) is 15.9 Å². The molecular weight excluding hydrogens is 360 g/mol. The third kappa shape index (κ3) is 3.86. The predicted molar refractivity (Wildman–Crippen MR) is 107 cm³/mol. The van der Waals surface area contributed by atoms with Crippen LogP contribution < -0.4 is 5.32 Å². The van der Waals surface area contributed by atoms with Gasteiger partial charge in [-0.15, -0.1) is 0 Å². The Morgan fingerprint density at radius 3 is 2.56 bits per heavy atom. The van der Waals surface area contributed by atoms with E-state index in [2.05, 4.69) is 10.5 Å². The molecule has 0 unspecified atom stereocenters. The maximum Gasteiger partial charge on any atom is 0.251 e. The van der Waals surface area contributed by atoms with Gasteiger partial charge in [-0.2, -0.15) is 0 Å². The molecule has 0 spiro atoms. The zero-order valence-electron chi connectivity index (χ0n) is 14.5. The number of nitrogens with one attached hydrogen (secondary N) is 1. The van der Waals surface area contributed by atoms with Gasteiger partial charge in [0, 0.05) is 28.1 Å².